The smallest absolute Gasteiger partial charge is 0.405 e. The lowest BCUT2D eigenvalue weighted by atomic mass is 10.0. The highest BCUT2D eigenvalue weighted by molar-refractivity contribution is 5.97. The summed E-state index contributed by atoms with van der Waals surface area (Å²) in [7, 11) is 0. The van der Waals surface area contributed by atoms with Crippen molar-refractivity contribution in [1.82, 2.24) is 14.9 Å². The van der Waals surface area contributed by atoms with E-state index in [0.717, 1.165) is 37.2 Å². The summed E-state index contributed by atoms with van der Waals surface area (Å²) in [5, 5.41) is 0. The van der Waals surface area contributed by atoms with Crippen LogP contribution in [0.25, 0.3) is 0 Å². The number of nitrogens with zero attached hydrogens (tertiary/aromatic N) is 3. The molecular formula is C20H21F3N4O2. The van der Waals surface area contributed by atoms with Gasteiger partial charge < -0.3 is 9.72 Å². The summed E-state index contributed by atoms with van der Waals surface area (Å²) in [6.45, 7) is 1.92. The van der Waals surface area contributed by atoms with Gasteiger partial charge in [0, 0.05) is 38.2 Å². The number of hydrogen-bond donors (Lipinski definition) is 1. The second-order valence-electron chi connectivity index (χ2n) is 7.24. The average Bonchev–Trinajstić information content (AvgIpc) is 2.69. The summed E-state index contributed by atoms with van der Waals surface area (Å²) in [4.78, 5) is 26.5. The normalized spacial score (nSPS) is 17.6. The van der Waals surface area contributed by atoms with Crippen molar-refractivity contribution in [3.8, 4) is 5.75 Å². The van der Waals surface area contributed by atoms with Gasteiger partial charge >= 0.3 is 6.36 Å². The fourth-order valence-electron chi connectivity index (χ4n) is 3.74. The third-order valence-corrected chi connectivity index (χ3v) is 5.14. The van der Waals surface area contributed by atoms with Gasteiger partial charge in [0.15, 0.2) is 5.82 Å². The maximum Gasteiger partial charge on any atom is 0.573 e. The molecule has 0 atom stereocenters. The molecule has 1 aromatic carbocycles. The van der Waals surface area contributed by atoms with Crippen molar-refractivity contribution in [2.75, 3.05) is 13.1 Å². The molecule has 0 bridgehead atoms. The van der Waals surface area contributed by atoms with Crippen molar-refractivity contribution >= 4 is 5.71 Å². The second-order valence-corrected chi connectivity index (χ2v) is 7.24. The summed E-state index contributed by atoms with van der Waals surface area (Å²) in [5.41, 5.74) is 2.36. The van der Waals surface area contributed by atoms with Crippen LogP contribution >= 0.6 is 0 Å². The number of para-hydroxylation sites is 1. The number of aromatic amines is 1. The number of benzene rings is 1. The van der Waals surface area contributed by atoms with Gasteiger partial charge in [0.25, 0.3) is 5.56 Å². The van der Waals surface area contributed by atoms with Crippen LogP contribution in [-0.4, -0.2) is 40.0 Å². The first-order chi connectivity index (χ1) is 13.9. The fourth-order valence-corrected chi connectivity index (χ4v) is 3.74. The summed E-state index contributed by atoms with van der Waals surface area (Å²) in [6, 6.07) is 6.07. The molecule has 1 N–H and O–H groups in total. The number of ether oxygens (including phenoxy) is 1. The number of nitrogens with one attached hydrogen (secondary N) is 1. The second kappa shape index (κ2) is 7.98. The monoisotopic (exact) mass is 406 g/mol. The summed E-state index contributed by atoms with van der Waals surface area (Å²) in [5.74, 6) is 0.328. The molecule has 4 rings (SSSR count). The topological polar surface area (TPSA) is 70.6 Å². The van der Waals surface area contributed by atoms with Crippen LogP contribution in [0.1, 0.15) is 41.9 Å². The molecule has 0 radical (unpaired) electrons. The minimum atomic E-state index is -4.75. The van der Waals surface area contributed by atoms with Crippen LogP contribution in [0, 0.1) is 0 Å². The summed E-state index contributed by atoms with van der Waals surface area (Å²) < 4.78 is 42.1. The van der Waals surface area contributed by atoms with Gasteiger partial charge in [-0.15, -0.1) is 13.2 Å². The first-order valence-electron chi connectivity index (χ1n) is 9.61. The van der Waals surface area contributed by atoms with Crippen molar-refractivity contribution < 1.29 is 17.9 Å². The Hall–Kier alpha value is -2.68. The molecule has 0 saturated carbocycles. The van der Waals surface area contributed by atoms with E-state index < -0.39 is 6.36 Å². The van der Waals surface area contributed by atoms with E-state index in [1.54, 1.807) is 12.1 Å². The molecule has 9 heteroatoms. The van der Waals surface area contributed by atoms with Gasteiger partial charge in [-0.25, -0.2) is 4.98 Å². The van der Waals surface area contributed by atoms with Crippen molar-refractivity contribution in [2.24, 2.45) is 4.99 Å². The molecule has 2 aromatic rings. The molecule has 0 fully saturated rings. The molecule has 0 aliphatic carbocycles. The van der Waals surface area contributed by atoms with Crippen LogP contribution < -0.4 is 10.3 Å². The first kappa shape index (κ1) is 19.6. The molecule has 6 nitrogen and oxygen atoms in total. The molecular weight excluding hydrogens is 385 g/mol. The SMILES string of the molecule is O=c1[nH]c(C2=NCCCC2)nc2c1CN(Cc1ccccc1OC(F)(F)F)CC2. The van der Waals surface area contributed by atoms with E-state index in [4.69, 9.17) is 0 Å². The zero-order chi connectivity index (χ0) is 20.4. The Labute approximate surface area is 165 Å². The van der Waals surface area contributed by atoms with Gasteiger partial charge in [0.2, 0.25) is 0 Å². The Balaban J connectivity index is 1.53. The molecule has 0 spiro atoms. The lowest BCUT2D eigenvalue weighted by Crippen LogP contribution is -2.36. The Morgan fingerprint density at radius 1 is 1.17 bits per heavy atom. The van der Waals surface area contributed by atoms with Crippen LogP contribution in [0.3, 0.4) is 0 Å². The van der Waals surface area contributed by atoms with Crippen molar-refractivity contribution in [2.45, 2.75) is 45.1 Å². The molecule has 0 amide bonds. The average molecular weight is 406 g/mol. The van der Waals surface area contributed by atoms with Crippen LogP contribution in [-0.2, 0) is 19.5 Å². The largest absolute Gasteiger partial charge is 0.573 e. The number of rotatable bonds is 4. The zero-order valence-corrected chi connectivity index (χ0v) is 15.8. The third-order valence-electron chi connectivity index (χ3n) is 5.14. The molecule has 2 aliphatic rings. The van der Waals surface area contributed by atoms with Gasteiger partial charge in [0.05, 0.1) is 17.0 Å². The Morgan fingerprint density at radius 2 is 2.00 bits per heavy atom. The Kier molecular flexibility index (Phi) is 5.40. The van der Waals surface area contributed by atoms with Gasteiger partial charge in [-0.05, 0) is 25.3 Å². The van der Waals surface area contributed by atoms with Crippen molar-refractivity contribution in [3.05, 3.63) is 57.3 Å². The Morgan fingerprint density at radius 3 is 2.76 bits per heavy atom. The molecule has 3 heterocycles. The lowest BCUT2D eigenvalue weighted by Gasteiger charge is -2.28. The quantitative estimate of drug-likeness (QED) is 0.847. The van der Waals surface area contributed by atoms with E-state index >= 15 is 0 Å². The lowest BCUT2D eigenvalue weighted by molar-refractivity contribution is -0.275. The molecule has 0 unspecified atom stereocenters. The number of aliphatic imine (C=N–C) groups is 1. The molecule has 154 valence electrons. The summed E-state index contributed by atoms with van der Waals surface area (Å²) in [6.07, 6.45) is -1.30. The highest BCUT2D eigenvalue weighted by atomic mass is 19.4. The maximum absolute atomic E-state index is 12.6. The van der Waals surface area contributed by atoms with Gasteiger partial charge in [-0.1, -0.05) is 18.2 Å². The number of halogens is 3. The highest BCUT2D eigenvalue weighted by Gasteiger charge is 2.32. The maximum atomic E-state index is 12.6. The number of alkyl halides is 3. The van der Waals surface area contributed by atoms with E-state index in [1.807, 2.05) is 4.90 Å². The molecule has 1 aromatic heterocycles. The number of fused-ring (bicyclic) bond motifs is 1. The highest BCUT2D eigenvalue weighted by Crippen LogP contribution is 2.28. The van der Waals surface area contributed by atoms with Crippen molar-refractivity contribution in [3.63, 3.8) is 0 Å². The van der Waals surface area contributed by atoms with Crippen LogP contribution in [0.2, 0.25) is 0 Å². The Bertz CT molecular complexity index is 984. The number of aromatic nitrogens is 2. The minimum absolute atomic E-state index is 0.206. The van der Waals surface area contributed by atoms with E-state index in [1.165, 1.54) is 12.1 Å². The number of hydrogen-bond acceptors (Lipinski definition) is 5. The van der Waals surface area contributed by atoms with Gasteiger partial charge in [0.1, 0.15) is 5.75 Å². The third kappa shape index (κ3) is 4.67. The standard InChI is InChI=1S/C20H21F3N4O2/c21-20(22,23)29-17-7-2-1-5-13(17)11-27-10-8-15-14(12-27)19(28)26-18(25-15)16-6-3-4-9-24-16/h1-2,5,7H,3-4,6,8-12H2,(H,25,26,28). The zero-order valence-electron chi connectivity index (χ0n) is 15.8. The summed E-state index contributed by atoms with van der Waals surface area (Å²) >= 11 is 0. The van der Waals surface area contributed by atoms with E-state index in [-0.39, 0.29) is 17.9 Å². The predicted octanol–water partition coefficient (Wildman–Crippen LogP) is 3.20. The first-order valence-corrected chi connectivity index (χ1v) is 9.61. The molecule has 2 aliphatic heterocycles. The van der Waals surface area contributed by atoms with E-state index in [0.29, 0.717) is 36.5 Å². The number of H-pyrrole nitrogens is 1. The predicted molar refractivity (Wildman–Crippen MR) is 101 cm³/mol. The van der Waals surface area contributed by atoms with Crippen LogP contribution in [0.5, 0.6) is 5.75 Å². The van der Waals surface area contributed by atoms with Gasteiger partial charge in [-0.3, -0.25) is 14.7 Å². The van der Waals surface area contributed by atoms with Crippen molar-refractivity contribution in [1.29, 1.82) is 0 Å². The van der Waals surface area contributed by atoms with Crippen LogP contribution in [0.15, 0.2) is 34.1 Å². The molecule has 29 heavy (non-hydrogen) atoms. The fraction of sp³-hybridized carbons (Fsp3) is 0.450. The minimum Gasteiger partial charge on any atom is -0.405 e. The van der Waals surface area contributed by atoms with Crippen LogP contribution in [0.4, 0.5) is 13.2 Å². The van der Waals surface area contributed by atoms with Gasteiger partial charge in [-0.2, -0.15) is 0 Å². The van der Waals surface area contributed by atoms with E-state index in [2.05, 4.69) is 19.7 Å². The molecule has 0 saturated heterocycles. The van der Waals surface area contributed by atoms with E-state index in [9.17, 15) is 18.0 Å².